The van der Waals surface area contributed by atoms with Gasteiger partial charge in [-0.1, -0.05) is 12.8 Å². The second-order valence-electron chi connectivity index (χ2n) is 6.30. The highest BCUT2D eigenvalue weighted by Crippen LogP contribution is 2.43. The number of hydrogen-bond acceptors (Lipinski definition) is 3. The van der Waals surface area contributed by atoms with Crippen molar-refractivity contribution in [3.8, 4) is 0 Å². The van der Waals surface area contributed by atoms with Gasteiger partial charge in [-0.15, -0.1) is 0 Å². The lowest BCUT2D eigenvalue weighted by molar-refractivity contribution is -0.0352. The van der Waals surface area contributed by atoms with Crippen molar-refractivity contribution in [2.24, 2.45) is 0 Å². The predicted molar refractivity (Wildman–Crippen MR) is 71.8 cm³/mol. The van der Waals surface area contributed by atoms with Crippen molar-refractivity contribution in [2.75, 3.05) is 19.7 Å². The highest BCUT2D eigenvalue weighted by atomic mass is 16.5. The van der Waals surface area contributed by atoms with Gasteiger partial charge in [0.25, 0.3) is 0 Å². The summed E-state index contributed by atoms with van der Waals surface area (Å²) in [5.74, 6) is 0. The van der Waals surface area contributed by atoms with Gasteiger partial charge in [0.05, 0.1) is 17.8 Å². The van der Waals surface area contributed by atoms with E-state index in [-0.39, 0.29) is 0 Å². The summed E-state index contributed by atoms with van der Waals surface area (Å²) in [6.45, 7) is 3.09. The molecular weight excluding hydrogens is 226 g/mol. The molecule has 0 bridgehead atoms. The second-order valence-corrected chi connectivity index (χ2v) is 6.30. The average Bonchev–Trinajstić information content (AvgIpc) is 3.10. The van der Waals surface area contributed by atoms with E-state index in [9.17, 15) is 0 Å². The molecular formula is C15H27NO2. The van der Waals surface area contributed by atoms with Crippen LogP contribution in [-0.4, -0.2) is 37.5 Å². The van der Waals surface area contributed by atoms with Gasteiger partial charge < -0.3 is 14.8 Å². The summed E-state index contributed by atoms with van der Waals surface area (Å²) >= 11 is 0. The average molecular weight is 253 g/mol. The number of hydrogen-bond donors (Lipinski definition) is 1. The van der Waals surface area contributed by atoms with Crippen molar-refractivity contribution < 1.29 is 9.47 Å². The molecule has 2 unspecified atom stereocenters. The van der Waals surface area contributed by atoms with Crippen molar-refractivity contribution in [3.05, 3.63) is 0 Å². The van der Waals surface area contributed by atoms with E-state index in [1.165, 1.54) is 51.4 Å². The molecule has 2 saturated heterocycles. The monoisotopic (exact) mass is 253 g/mol. The maximum Gasteiger partial charge on any atom is 0.0708 e. The highest BCUT2D eigenvalue weighted by Gasteiger charge is 2.41. The van der Waals surface area contributed by atoms with E-state index >= 15 is 0 Å². The van der Waals surface area contributed by atoms with Gasteiger partial charge in [-0.25, -0.2) is 0 Å². The van der Waals surface area contributed by atoms with E-state index in [0.29, 0.717) is 17.8 Å². The molecule has 3 nitrogen and oxygen atoms in total. The Morgan fingerprint density at radius 3 is 2.67 bits per heavy atom. The van der Waals surface area contributed by atoms with E-state index in [1.807, 2.05) is 0 Å². The molecule has 0 aromatic rings. The molecule has 3 fully saturated rings. The first-order valence-electron chi connectivity index (χ1n) is 7.86. The molecule has 3 aliphatic rings. The normalized spacial score (nSPS) is 34.7. The third-order valence-corrected chi connectivity index (χ3v) is 4.89. The van der Waals surface area contributed by atoms with Crippen molar-refractivity contribution in [2.45, 2.75) is 75.6 Å². The standard InChI is InChI=1S/C15H27NO2/c1-2-8-15(7-1)9-5-14(18-15)12-16-10-6-13-4-3-11-17-13/h13-14,16H,1-12H2. The van der Waals surface area contributed by atoms with E-state index in [1.54, 1.807) is 0 Å². The Bertz CT molecular complexity index is 257. The summed E-state index contributed by atoms with van der Waals surface area (Å²) in [4.78, 5) is 0. The van der Waals surface area contributed by atoms with Crippen LogP contribution >= 0.6 is 0 Å². The molecule has 2 aliphatic heterocycles. The van der Waals surface area contributed by atoms with E-state index in [4.69, 9.17) is 9.47 Å². The van der Waals surface area contributed by atoms with Crippen LogP contribution in [-0.2, 0) is 9.47 Å². The summed E-state index contributed by atoms with van der Waals surface area (Å²) in [6, 6.07) is 0. The van der Waals surface area contributed by atoms with Crippen molar-refractivity contribution >= 4 is 0 Å². The molecule has 0 radical (unpaired) electrons. The second kappa shape index (κ2) is 5.89. The topological polar surface area (TPSA) is 30.5 Å². The Kier molecular flexibility index (Phi) is 4.22. The molecule has 3 rings (SSSR count). The quantitative estimate of drug-likeness (QED) is 0.764. The fourth-order valence-electron chi connectivity index (χ4n) is 3.82. The largest absolute Gasteiger partial charge is 0.378 e. The Morgan fingerprint density at radius 2 is 1.89 bits per heavy atom. The molecule has 1 N–H and O–H groups in total. The smallest absolute Gasteiger partial charge is 0.0708 e. The lowest BCUT2D eigenvalue weighted by atomic mass is 9.98. The first-order valence-corrected chi connectivity index (χ1v) is 7.86. The van der Waals surface area contributed by atoms with Crippen molar-refractivity contribution in [1.29, 1.82) is 0 Å². The van der Waals surface area contributed by atoms with Gasteiger partial charge in [0.2, 0.25) is 0 Å². The molecule has 1 spiro atoms. The molecule has 0 amide bonds. The molecule has 3 heteroatoms. The van der Waals surface area contributed by atoms with Crippen LogP contribution in [0.1, 0.15) is 57.8 Å². The minimum atomic E-state index is 0.293. The van der Waals surface area contributed by atoms with Crippen molar-refractivity contribution in [3.63, 3.8) is 0 Å². The fourth-order valence-corrected chi connectivity index (χ4v) is 3.82. The number of rotatable bonds is 5. The van der Waals surface area contributed by atoms with Gasteiger partial charge in [-0.2, -0.15) is 0 Å². The van der Waals surface area contributed by atoms with E-state index in [0.717, 1.165) is 26.1 Å². The lowest BCUT2D eigenvalue weighted by Crippen LogP contribution is -2.32. The molecule has 0 aromatic heterocycles. The van der Waals surface area contributed by atoms with Gasteiger partial charge in [-0.05, 0) is 51.5 Å². The third kappa shape index (κ3) is 3.06. The van der Waals surface area contributed by atoms with E-state index < -0.39 is 0 Å². The first-order chi connectivity index (χ1) is 8.86. The van der Waals surface area contributed by atoms with Crippen molar-refractivity contribution in [1.82, 2.24) is 5.32 Å². The Hall–Kier alpha value is -0.120. The minimum Gasteiger partial charge on any atom is -0.378 e. The Morgan fingerprint density at radius 1 is 1.00 bits per heavy atom. The lowest BCUT2D eigenvalue weighted by Gasteiger charge is -2.24. The van der Waals surface area contributed by atoms with Crippen LogP contribution in [0.15, 0.2) is 0 Å². The zero-order valence-corrected chi connectivity index (χ0v) is 11.5. The van der Waals surface area contributed by atoms with Crippen LogP contribution in [0.5, 0.6) is 0 Å². The summed E-state index contributed by atoms with van der Waals surface area (Å²) < 4.78 is 11.9. The van der Waals surface area contributed by atoms with Gasteiger partial charge in [0.1, 0.15) is 0 Å². The highest BCUT2D eigenvalue weighted by molar-refractivity contribution is 4.93. The van der Waals surface area contributed by atoms with Crippen LogP contribution < -0.4 is 5.32 Å². The Balaban J connectivity index is 1.29. The number of nitrogens with one attached hydrogen (secondary N) is 1. The first kappa shape index (κ1) is 12.9. The number of ether oxygens (including phenoxy) is 2. The third-order valence-electron chi connectivity index (χ3n) is 4.89. The molecule has 104 valence electrons. The maximum atomic E-state index is 6.29. The van der Waals surface area contributed by atoms with Crippen LogP contribution in [0, 0.1) is 0 Å². The molecule has 18 heavy (non-hydrogen) atoms. The summed E-state index contributed by atoms with van der Waals surface area (Å²) in [5, 5.41) is 3.56. The minimum absolute atomic E-state index is 0.293. The summed E-state index contributed by atoms with van der Waals surface area (Å²) in [7, 11) is 0. The molecule has 2 atom stereocenters. The maximum absolute atomic E-state index is 6.29. The zero-order chi connectivity index (χ0) is 12.3. The van der Waals surface area contributed by atoms with Crippen LogP contribution in [0.2, 0.25) is 0 Å². The Labute approximate surface area is 111 Å². The molecule has 1 saturated carbocycles. The zero-order valence-electron chi connectivity index (χ0n) is 11.5. The molecule has 0 aromatic carbocycles. The van der Waals surface area contributed by atoms with Crippen LogP contribution in [0.4, 0.5) is 0 Å². The van der Waals surface area contributed by atoms with Crippen LogP contribution in [0.3, 0.4) is 0 Å². The van der Waals surface area contributed by atoms with Gasteiger partial charge >= 0.3 is 0 Å². The van der Waals surface area contributed by atoms with Gasteiger partial charge in [0.15, 0.2) is 0 Å². The SMILES string of the molecule is C1COC(CCNCC2CCC3(CCCC3)O2)C1. The van der Waals surface area contributed by atoms with Crippen LogP contribution in [0.25, 0.3) is 0 Å². The summed E-state index contributed by atoms with van der Waals surface area (Å²) in [6.07, 6.45) is 12.6. The molecule has 1 aliphatic carbocycles. The van der Waals surface area contributed by atoms with Gasteiger partial charge in [0, 0.05) is 13.2 Å². The summed E-state index contributed by atoms with van der Waals surface area (Å²) in [5.41, 5.74) is 0.293. The fraction of sp³-hybridized carbons (Fsp3) is 1.00. The van der Waals surface area contributed by atoms with E-state index in [2.05, 4.69) is 5.32 Å². The van der Waals surface area contributed by atoms with Gasteiger partial charge in [-0.3, -0.25) is 0 Å². The molecule has 2 heterocycles. The predicted octanol–water partition coefficient (Wildman–Crippen LogP) is 2.64.